The van der Waals surface area contributed by atoms with Gasteiger partial charge in [0.25, 0.3) is 5.91 Å². The minimum atomic E-state index is -0.123. The molecule has 1 aromatic carbocycles. The zero-order valence-electron chi connectivity index (χ0n) is 16.9. The summed E-state index contributed by atoms with van der Waals surface area (Å²) in [6.07, 6.45) is 0.918. The molecule has 8 heteroatoms. The van der Waals surface area contributed by atoms with E-state index in [1.165, 1.54) is 17.0 Å². The molecular weight excluding hydrogens is 464 g/mol. The summed E-state index contributed by atoms with van der Waals surface area (Å²) in [5.41, 5.74) is 2.43. The number of thiophene rings is 1. The third kappa shape index (κ3) is 4.94. The molecule has 1 aliphatic rings. The number of carbonyl (C=O) groups excluding carboxylic acids is 1. The number of benzene rings is 1. The van der Waals surface area contributed by atoms with E-state index in [1.807, 2.05) is 12.1 Å². The fourth-order valence-electron chi connectivity index (χ4n) is 3.71. The second-order valence-electron chi connectivity index (χ2n) is 7.34. The van der Waals surface area contributed by atoms with Crippen molar-refractivity contribution < 1.29 is 9.32 Å². The van der Waals surface area contributed by atoms with Crippen molar-refractivity contribution in [2.24, 2.45) is 0 Å². The highest BCUT2D eigenvalue weighted by molar-refractivity contribution is 9.11. The highest BCUT2D eigenvalue weighted by Gasteiger charge is 2.22. The molecule has 1 N–H and O–H groups in total. The second-order valence-corrected chi connectivity index (χ2v) is 9.80. The number of nitrogens with one attached hydrogen (secondary N) is 1. The number of para-hydroxylation sites is 1. The molecule has 1 saturated heterocycles. The van der Waals surface area contributed by atoms with Gasteiger partial charge in [-0.05, 0) is 60.1 Å². The van der Waals surface area contributed by atoms with Crippen LogP contribution in [0.15, 0.2) is 50.8 Å². The number of aromatic nitrogens is 1. The van der Waals surface area contributed by atoms with Crippen LogP contribution in [0.1, 0.15) is 22.5 Å². The number of hydrogen-bond donors (Lipinski definition) is 1. The summed E-state index contributed by atoms with van der Waals surface area (Å²) < 4.78 is 6.29. The Labute approximate surface area is 189 Å². The summed E-state index contributed by atoms with van der Waals surface area (Å²) in [5.74, 6) is 0.422. The first-order valence-corrected chi connectivity index (χ1v) is 11.8. The van der Waals surface area contributed by atoms with Crippen LogP contribution < -0.4 is 10.2 Å². The lowest BCUT2D eigenvalue weighted by Crippen LogP contribution is -2.47. The van der Waals surface area contributed by atoms with E-state index in [0.717, 1.165) is 47.8 Å². The van der Waals surface area contributed by atoms with Gasteiger partial charge in [0.05, 0.1) is 8.66 Å². The number of hydrogen-bond acceptors (Lipinski definition) is 6. The first-order valence-electron chi connectivity index (χ1n) is 10.1. The Morgan fingerprint density at radius 2 is 1.93 bits per heavy atom. The summed E-state index contributed by atoms with van der Waals surface area (Å²) >= 11 is 4.99. The van der Waals surface area contributed by atoms with Crippen molar-refractivity contribution in [1.82, 2.24) is 15.4 Å². The van der Waals surface area contributed by atoms with Gasteiger partial charge < -0.3 is 14.7 Å². The fourth-order valence-corrected chi connectivity index (χ4v) is 5.08. The van der Waals surface area contributed by atoms with Gasteiger partial charge >= 0.3 is 0 Å². The maximum Gasteiger partial charge on any atom is 0.257 e. The van der Waals surface area contributed by atoms with Crippen molar-refractivity contribution in [2.45, 2.75) is 13.3 Å². The van der Waals surface area contributed by atoms with E-state index in [-0.39, 0.29) is 5.91 Å². The average Bonchev–Trinajstić information content (AvgIpc) is 3.37. The lowest BCUT2D eigenvalue weighted by atomic mass is 10.1. The fraction of sp³-hybridized carbons (Fsp3) is 0.364. The average molecular weight is 489 g/mol. The van der Waals surface area contributed by atoms with E-state index in [2.05, 4.69) is 66.5 Å². The van der Waals surface area contributed by atoms with Gasteiger partial charge in [0.2, 0.25) is 0 Å². The molecule has 3 heterocycles. The van der Waals surface area contributed by atoms with Gasteiger partial charge in [-0.2, -0.15) is 0 Å². The Morgan fingerprint density at radius 1 is 1.17 bits per heavy atom. The molecule has 30 heavy (non-hydrogen) atoms. The van der Waals surface area contributed by atoms with Crippen molar-refractivity contribution in [3.8, 4) is 10.6 Å². The third-order valence-electron chi connectivity index (χ3n) is 5.33. The highest BCUT2D eigenvalue weighted by Crippen LogP contribution is 2.33. The number of rotatable bonds is 7. The molecule has 4 rings (SSSR count). The molecular formula is C22H25BrN4O2S. The predicted molar refractivity (Wildman–Crippen MR) is 124 cm³/mol. The van der Waals surface area contributed by atoms with Crippen LogP contribution in [0.2, 0.25) is 0 Å². The molecule has 1 amide bonds. The number of anilines is 1. The van der Waals surface area contributed by atoms with E-state index >= 15 is 0 Å². The summed E-state index contributed by atoms with van der Waals surface area (Å²) in [4.78, 5) is 18.5. The Balaban J connectivity index is 1.23. The zero-order valence-corrected chi connectivity index (χ0v) is 19.3. The molecule has 1 fully saturated rings. The Bertz CT molecular complexity index is 980. The predicted octanol–water partition coefficient (Wildman–Crippen LogP) is 4.42. The number of aryl methyl sites for hydroxylation is 1. The first kappa shape index (κ1) is 21.1. The number of piperazine rings is 1. The van der Waals surface area contributed by atoms with E-state index in [0.29, 0.717) is 23.6 Å². The van der Waals surface area contributed by atoms with Crippen molar-refractivity contribution >= 4 is 38.9 Å². The van der Waals surface area contributed by atoms with Gasteiger partial charge in [-0.3, -0.25) is 9.69 Å². The smallest absolute Gasteiger partial charge is 0.257 e. The summed E-state index contributed by atoms with van der Waals surface area (Å²) in [6.45, 7) is 7.56. The normalized spacial score (nSPS) is 14.8. The van der Waals surface area contributed by atoms with Crippen LogP contribution >= 0.6 is 27.3 Å². The molecule has 6 nitrogen and oxygen atoms in total. The maximum absolute atomic E-state index is 12.7. The SMILES string of the molecule is Cc1onc(-c2ccc(Br)s2)c1C(=O)NCCCN1CCN(c2ccccc2)CC1. The molecule has 0 saturated carbocycles. The number of halogens is 1. The van der Waals surface area contributed by atoms with Gasteiger partial charge in [-0.25, -0.2) is 0 Å². The number of amides is 1. The van der Waals surface area contributed by atoms with E-state index < -0.39 is 0 Å². The topological polar surface area (TPSA) is 61.6 Å². The van der Waals surface area contributed by atoms with Gasteiger partial charge in [-0.15, -0.1) is 11.3 Å². The Kier molecular flexibility index (Phi) is 6.86. The van der Waals surface area contributed by atoms with E-state index in [4.69, 9.17) is 4.52 Å². The minimum absolute atomic E-state index is 0.123. The molecule has 0 atom stereocenters. The summed E-state index contributed by atoms with van der Waals surface area (Å²) in [5, 5.41) is 7.13. The highest BCUT2D eigenvalue weighted by atomic mass is 79.9. The van der Waals surface area contributed by atoms with Crippen molar-refractivity contribution in [3.05, 3.63) is 57.6 Å². The van der Waals surface area contributed by atoms with Gasteiger partial charge in [-0.1, -0.05) is 23.4 Å². The molecule has 0 radical (unpaired) electrons. The molecule has 0 spiro atoms. The van der Waals surface area contributed by atoms with Crippen LogP contribution in [0.25, 0.3) is 10.6 Å². The minimum Gasteiger partial charge on any atom is -0.369 e. The first-order chi connectivity index (χ1) is 14.6. The van der Waals surface area contributed by atoms with Crippen LogP contribution in [0.5, 0.6) is 0 Å². The van der Waals surface area contributed by atoms with E-state index in [9.17, 15) is 4.79 Å². The molecule has 0 bridgehead atoms. The monoisotopic (exact) mass is 488 g/mol. The maximum atomic E-state index is 12.7. The summed E-state index contributed by atoms with van der Waals surface area (Å²) in [7, 11) is 0. The lowest BCUT2D eigenvalue weighted by molar-refractivity contribution is 0.0950. The lowest BCUT2D eigenvalue weighted by Gasteiger charge is -2.36. The molecule has 1 aliphatic heterocycles. The zero-order chi connectivity index (χ0) is 20.9. The standard InChI is InChI=1S/C22H25BrN4O2S/c1-16-20(21(25-29-16)18-8-9-19(23)30-18)22(28)24-10-5-11-26-12-14-27(15-13-26)17-6-3-2-4-7-17/h2-4,6-9H,5,10-15H2,1H3,(H,24,28). The quantitative estimate of drug-likeness (QED) is 0.498. The molecule has 0 aliphatic carbocycles. The third-order valence-corrected chi connectivity index (χ3v) is 6.96. The van der Waals surface area contributed by atoms with Gasteiger partial charge in [0, 0.05) is 38.4 Å². The molecule has 158 valence electrons. The van der Waals surface area contributed by atoms with Crippen molar-refractivity contribution in [3.63, 3.8) is 0 Å². The van der Waals surface area contributed by atoms with Crippen molar-refractivity contribution in [2.75, 3.05) is 44.2 Å². The van der Waals surface area contributed by atoms with Crippen LogP contribution in [0.3, 0.4) is 0 Å². The number of carbonyl (C=O) groups is 1. The van der Waals surface area contributed by atoms with Crippen molar-refractivity contribution in [1.29, 1.82) is 0 Å². The molecule has 0 unspecified atom stereocenters. The van der Waals surface area contributed by atoms with Gasteiger partial charge in [0.15, 0.2) is 0 Å². The van der Waals surface area contributed by atoms with Crippen LogP contribution in [0, 0.1) is 6.92 Å². The Hall–Kier alpha value is -2.16. The van der Waals surface area contributed by atoms with Crippen LogP contribution in [-0.2, 0) is 0 Å². The molecule has 2 aromatic heterocycles. The van der Waals surface area contributed by atoms with Crippen LogP contribution in [0.4, 0.5) is 5.69 Å². The Morgan fingerprint density at radius 3 is 2.63 bits per heavy atom. The largest absolute Gasteiger partial charge is 0.369 e. The van der Waals surface area contributed by atoms with E-state index in [1.54, 1.807) is 6.92 Å². The summed E-state index contributed by atoms with van der Waals surface area (Å²) in [6, 6.07) is 14.5. The van der Waals surface area contributed by atoms with Crippen LogP contribution in [-0.4, -0.2) is 55.2 Å². The van der Waals surface area contributed by atoms with Gasteiger partial charge in [0.1, 0.15) is 17.0 Å². The second kappa shape index (κ2) is 9.76. The number of nitrogens with zero attached hydrogens (tertiary/aromatic N) is 3. The molecule has 3 aromatic rings.